The number of benzene rings is 1. The second kappa shape index (κ2) is 4.37. The first-order valence-corrected chi connectivity index (χ1v) is 5.69. The molecule has 1 heterocycles. The Morgan fingerprint density at radius 3 is 2.53 bits per heavy atom. The average Bonchev–Trinajstić information content (AvgIpc) is 2.57. The van der Waals surface area contributed by atoms with E-state index in [1.165, 1.54) is 10.7 Å². The van der Waals surface area contributed by atoms with Gasteiger partial charge in [0.25, 0.3) is 0 Å². The lowest BCUT2D eigenvalue weighted by Crippen LogP contribution is -2.04. The van der Waals surface area contributed by atoms with Crippen LogP contribution in [-0.2, 0) is 0 Å². The van der Waals surface area contributed by atoms with Crippen LogP contribution in [0.25, 0.3) is 5.69 Å². The maximum Gasteiger partial charge on any atom is 0.148 e. The molecule has 0 aliphatic rings. The monoisotopic (exact) mass is 253 g/mol. The van der Waals surface area contributed by atoms with Crippen molar-refractivity contribution in [1.82, 2.24) is 9.78 Å². The standard InChI is InChI=1S/C12H13ClFN3/c1-7(2)11-10(13)12(15)17(16-11)9-6-4-3-5-8(9)14/h3-7H,15H2,1-2H3. The van der Waals surface area contributed by atoms with Gasteiger partial charge in [0.05, 0.1) is 5.69 Å². The molecular weight excluding hydrogens is 241 g/mol. The highest BCUT2D eigenvalue weighted by atomic mass is 35.5. The summed E-state index contributed by atoms with van der Waals surface area (Å²) in [4.78, 5) is 0. The number of nitrogens with two attached hydrogens (primary N) is 1. The zero-order valence-electron chi connectivity index (χ0n) is 9.61. The Morgan fingerprint density at radius 2 is 2.00 bits per heavy atom. The van der Waals surface area contributed by atoms with Crippen molar-refractivity contribution < 1.29 is 4.39 Å². The van der Waals surface area contributed by atoms with E-state index in [1.807, 2.05) is 13.8 Å². The third-order valence-corrected chi connectivity index (χ3v) is 2.90. The Morgan fingerprint density at radius 1 is 1.35 bits per heavy atom. The van der Waals surface area contributed by atoms with Gasteiger partial charge in [0.2, 0.25) is 0 Å². The Balaban J connectivity index is 2.61. The summed E-state index contributed by atoms with van der Waals surface area (Å²) in [6.45, 7) is 3.92. The molecule has 0 unspecified atom stereocenters. The van der Waals surface area contributed by atoms with E-state index < -0.39 is 0 Å². The molecule has 0 saturated carbocycles. The highest BCUT2D eigenvalue weighted by Gasteiger charge is 2.18. The van der Waals surface area contributed by atoms with Crippen molar-refractivity contribution in [3.8, 4) is 5.69 Å². The van der Waals surface area contributed by atoms with Gasteiger partial charge in [0.15, 0.2) is 0 Å². The molecule has 0 spiro atoms. The fourth-order valence-corrected chi connectivity index (χ4v) is 1.94. The zero-order valence-corrected chi connectivity index (χ0v) is 10.4. The molecule has 1 aromatic heterocycles. The predicted molar refractivity (Wildman–Crippen MR) is 67.0 cm³/mol. The van der Waals surface area contributed by atoms with Crippen molar-refractivity contribution in [1.29, 1.82) is 0 Å². The fourth-order valence-electron chi connectivity index (χ4n) is 1.61. The maximum atomic E-state index is 13.6. The van der Waals surface area contributed by atoms with Gasteiger partial charge in [-0.2, -0.15) is 5.10 Å². The third-order valence-electron chi connectivity index (χ3n) is 2.51. The summed E-state index contributed by atoms with van der Waals surface area (Å²) < 4.78 is 15.0. The molecule has 17 heavy (non-hydrogen) atoms. The molecule has 2 rings (SSSR count). The minimum absolute atomic E-state index is 0.137. The molecule has 0 aliphatic carbocycles. The molecule has 2 N–H and O–H groups in total. The van der Waals surface area contributed by atoms with E-state index in [1.54, 1.807) is 18.2 Å². The van der Waals surface area contributed by atoms with Crippen LogP contribution in [0.4, 0.5) is 10.2 Å². The van der Waals surface area contributed by atoms with Crippen LogP contribution in [0.2, 0.25) is 5.02 Å². The number of nitrogens with zero attached hydrogens (tertiary/aromatic N) is 2. The van der Waals surface area contributed by atoms with Gasteiger partial charge < -0.3 is 5.73 Å². The van der Waals surface area contributed by atoms with E-state index in [4.69, 9.17) is 17.3 Å². The fraction of sp³-hybridized carbons (Fsp3) is 0.250. The number of rotatable bonds is 2. The lowest BCUT2D eigenvalue weighted by atomic mass is 10.1. The van der Waals surface area contributed by atoms with Gasteiger partial charge >= 0.3 is 0 Å². The van der Waals surface area contributed by atoms with E-state index in [-0.39, 0.29) is 17.6 Å². The van der Waals surface area contributed by atoms with E-state index in [2.05, 4.69) is 5.10 Å². The molecule has 3 nitrogen and oxygen atoms in total. The second-order valence-electron chi connectivity index (χ2n) is 4.10. The minimum Gasteiger partial charge on any atom is -0.382 e. The molecule has 0 atom stereocenters. The first-order valence-electron chi connectivity index (χ1n) is 5.31. The van der Waals surface area contributed by atoms with Crippen LogP contribution < -0.4 is 5.73 Å². The highest BCUT2D eigenvalue weighted by molar-refractivity contribution is 6.33. The molecule has 5 heteroatoms. The SMILES string of the molecule is CC(C)c1nn(-c2ccccc2F)c(N)c1Cl. The van der Waals surface area contributed by atoms with Gasteiger partial charge in [-0.3, -0.25) is 0 Å². The predicted octanol–water partition coefficient (Wildman–Crippen LogP) is 3.37. The molecular formula is C12H13ClFN3. The number of aromatic nitrogens is 2. The van der Waals surface area contributed by atoms with Crippen molar-refractivity contribution >= 4 is 17.4 Å². The van der Waals surface area contributed by atoms with Crippen molar-refractivity contribution in [2.24, 2.45) is 0 Å². The summed E-state index contributed by atoms with van der Waals surface area (Å²) in [5.74, 6) is 0.0203. The van der Waals surface area contributed by atoms with Gasteiger partial charge in [0, 0.05) is 0 Å². The molecule has 0 fully saturated rings. The lowest BCUT2D eigenvalue weighted by Gasteiger charge is -2.04. The number of nitrogen functional groups attached to an aromatic ring is 1. The van der Waals surface area contributed by atoms with Crippen LogP contribution in [0.3, 0.4) is 0 Å². The smallest absolute Gasteiger partial charge is 0.148 e. The van der Waals surface area contributed by atoms with Crippen LogP contribution in [0.1, 0.15) is 25.5 Å². The third kappa shape index (κ3) is 2.00. The number of para-hydroxylation sites is 1. The van der Waals surface area contributed by atoms with Crippen LogP contribution >= 0.6 is 11.6 Å². The first-order chi connectivity index (χ1) is 8.02. The van der Waals surface area contributed by atoms with Crippen molar-refractivity contribution in [3.05, 3.63) is 40.8 Å². The van der Waals surface area contributed by atoms with Crippen LogP contribution in [0, 0.1) is 5.82 Å². The Hall–Kier alpha value is -1.55. The van der Waals surface area contributed by atoms with E-state index in [9.17, 15) is 4.39 Å². The molecule has 0 amide bonds. The summed E-state index contributed by atoms with van der Waals surface area (Å²) in [5, 5.41) is 4.65. The Bertz CT molecular complexity index is 549. The van der Waals surface area contributed by atoms with Gasteiger partial charge in [-0.25, -0.2) is 9.07 Å². The molecule has 0 saturated heterocycles. The summed E-state index contributed by atoms with van der Waals surface area (Å²) >= 11 is 6.08. The van der Waals surface area contributed by atoms with Crippen LogP contribution in [0.15, 0.2) is 24.3 Å². The van der Waals surface area contributed by atoms with Gasteiger partial charge in [-0.05, 0) is 18.1 Å². The number of halogens is 2. The molecule has 0 radical (unpaired) electrons. The topological polar surface area (TPSA) is 43.8 Å². The van der Waals surface area contributed by atoms with Crippen molar-refractivity contribution in [3.63, 3.8) is 0 Å². The molecule has 2 aromatic rings. The number of hydrogen-bond donors (Lipinski definition) is 1. The van der Waals surface area contributed by atoms with Gasteiger partial charge in [-0.15, -0.1) is 0 Å². The van der Waals surface area contributed by atoms with E-state index in [0.717, 1.165) is 0 Å². The highest BCUT2D eigenvalue weighted by Crippen LogP contribution is 2.31. The lowest BCUT2D eigenvalue weighted by molar-refractivity contribution is 0.609. The maximum absolute atomic E-state index is 13.6. The summed E-state index contributed by atoms with van der Waals surface area (Å²) in [6.07, 6.45) is 0. The minimum atomic E-state index is -0.381. The van der Waals surface area contributed by atoms with Crippen LogP contribution in [-0.4, -0.2) is 9.78 Å². The van der Waals surface area contributed by atoms with E-state index in [0.29, 0.717) is 16.4 Å². The van der Waals surface area contributed by atoms with Crippen molar-refractivity contribution in [2.75, 3.05) is 5.73 Å². The largest absolute Gasteiger partial charge is 0.382 e. The molecule has 0 bridgehead atoms. The van der Waals surface area contributed by atoms with Gasteiger partial charge in [0.1, 0.15) is 22.3 Å². The van der Waals surface area contributed by atoms with Gasteiger partial charge in [-0.1, -0.05) is 37.6 Å². The molecule has 90 valence electrons. The summed E-state index contributed by atoms with van der Waals surface area (Å²) in [7, 11) is 0. The van der Waals surface area contributed by atoms with Crippen molar-refractivity contribution in [2.45, 2.75) is 19.8 Å². The number of anilines is 1. The molecule has 0 aliphatic heterocycles. The number of hydrogen-bond acceptors (Lipinski definition) is 2. The first kappa shape index (κ1) is 11.9. The van der Waals surface area contributed by atoms with Crippen LogP contribution in [0.5, 0.6) is 0 Å². The average molecular weight is 254 g/mol. The summed E-state index contributed by atoms with van der Waals surface area (Å²) in [5.41, 5.74) is 6.82. The second-order valence-corrected chi connectivity index (χ2v) is 4.48. The zero-order chi connectivity index (χ0) is 12.6. The quantitative estimate of drug-likeness (QED) is 0.892. The van der Waals surface area contributed by atoms with E-state index >= 15 is 0 Å². The Kier molecular flexibility index (Phi) is 3.07. The normalized spacial score (nSPS) is 11.1. The molecule has 1 aromatic carbocycles. The summed E-state index contributed by atoms with van der Waals surface area (Å²) in [6, 6.07) is 6.31. The Labute approximate surface area is 104 Å².